The second kappa shape index (κ2) is 4.17. The van der Waals surface area contributed by atoms with Crippen molar-refractivity contribution in [3.05, 3.63) is 0 Å². The zero-order valence-corrected chi connectivity index (χ0v) is 9.38. The van der Waals surface area contributed by atoms with Gasteiger partial charge in [-0.2, -0.15) is 0 Å². The molecule has 0 radical (unpaired) electrons. The van der Waals surface area contributed by atoms with E-state index in [1.165, 1.54) is 19.4 Å². The number of rotatable bonds is 3. The van der Waals surface area contributed by atoms with Crippen molar-refractivity contribution in [3.63, 3.8) is 0 Å². The molecule has 0 amide bonds. The van der Waals surface area contributed by atoms with Crippen molar-refractivity contribution in [3.8, 4) is 0 Å². The number of nitrogens with one attached hydrogen (secondary N) is 1. The van der Waals surface area contributed by atoms with Crippen LogP contribution in [0.1, 0.15) is 26.2 Å². The Bertz CT molecular complexity index is 190. The van der Waals surface area contributed by atoms with Crippen LogP contribution in [0, 0.1) is 0 Å². The number of ether oxygens (including phenoxy) is 1. The van der Waals surface area contributed by atoms with Gasteiger partial charge in [-0.3, -0.25) is 0 Å². The van der Waals surface area contributed by atoms with E-state index >= 15 is 0 Å². The highest BCUT2D eigenvalue weighted by molar-refractivity contribution is 4.89. The Morgan fingerprint density at radius 3 is 3.00 bits per heavy atom. The summed E-state index contributed by atoms with van der Waals surface area (Å²) in [5.41, 5.74) is 0.240. The minimum Gasteiger partial charge on any atom is -0.379 e. The molecule has 2 saturated heterocycles. The second-order valence-corrected chi connectivity index (χ2v) is 5.02. The van der Waals surface area contributed by atoms with Crippen molar-refractivity contribution in [1.29, 1.82) is 0 Å². The van der Waals surface area contributed by atoms with Crippen molar-refractivity contribution in [2.75, 3.05) is 33.4 Å². The SMILES string of the molecule is CN1CCCC1CNC1(C)CCOC1. The van der Waals surface area contributed by atoms with Crippen LogP contribution in [0.2, 0.25) is 0 Å². The number of likely N-dealkylation sites (N-methyl/N-ethyl adjacent to an activating group) is 1. The summed E-state index contributed by atoms with van der Waals surface area (Å²) in [5, 5.41) is 3.66. The topological polar surface area (TPSA) is 24.5 Å². The highest BCUT2D eigenvalue weighted by atomic mass is 16.5. The van der Waals surface area contributed by atoms with Crippen molar-refractivity contribution in [2.24, 2.45) is 0 Å². The van der Waals surface area contributed by atoms with Gasteiger partial charge in [-0.1, -0.05) is 0 Å². The van der Waals surface area contributed by atoms with Crippen LogP contribution < -0.4 is 5.32 Å². The van der Waals surface area contributed by atoms with Gasteiger partial charge in [-0.15, -0.1) is 0 Å². The summed E-state index contributed by atoms with van der Waals surface area (Å²) < 4.78 is 5.43. The highest BCUT2D eigenvalue weighted by Gasteiger charge is 2.31. The smallest absolute Gasteiger partial charge is 0.0646 e. The van der Waals surface area contributed by atoms with E-state index in [2.05, 4.69) is 24.2 Å². The molecule has 2 aliphatic heterocycles. The molecule has 0 saturated carbocycles. The first-order valence-electron chi connectivity index (χ1n) is 5.73. The summed E-state index contributed by atoms with van der Waals surface area (Å²) >= 11 is 0. The largest absolute Gasteiger partial charge is 0.379 e. The standard InChI is InChI=1S/C11H22N2O/c1-11(5-7-14-9-11)12-8-10-4-3-6-13(10)2/h10,12H,3-9H2,1-2H3. The second-order valence-electron chi connectivity index (χ2n) is 5.02. The first-order chi connectivity index (χ1) is 6.70. The van der Waals surface area contributed by atoms with Crippen molar-refractivity contribution < 1.29 is 4.74 Å². The van der Waals surface area contributed by atoms with Crippen LogP contribution in [-0.2, 0) is 4.74 Å². The fraction of sp³-hybridized carbons (Fsp3) is 1.00. The van der Waals surface area contributed by atoms with Gasteiger partial charge in [0.1, 0.15) is 0 Å². The molecule has 0 aromatic carbocycles. The molecular weight excluding hydrogens is 176 g/mol. The molecular formula is C11H22N2O. The molecule has 0 spiro atoms. The van der Waals surface area contributed by atoms with E-state index in [-0.39, 0.29) is 5.54 Å². The van der Waals surface area contributed by atoms with Gasteiger partial charge in [0.25, 0.3) is 0 Å². The van der Waals surface area contributed by atoms with Crippen LogP contribution >= 0.6 is 0 Å². The summed E-state index contributed by atoms with van der Waals surface area (Å²) in [5.74, 6) is 0. The zero-order chi connectivity index (χ0) is 10.0. The molecule has 0 aromatic heterocycles. The molecule has 14 heavy (non-hydrogen) atoms. The third kappa shape index (κ3) is 2.27. The molecule has 2 aliphatic rings. The van der Waals surface area contributed by atoms with Crippen LogP contribution in [0.3, 0.4) is 0 Å². The van der Waals surface area contributed by atoms with Crippen molar-refractivity contribution in [1.82, 2.24) is 10.2 Å². The van der Waals surface area contributed by atoms with Crippen LogP contribution in [-0.4, -0.2) is 49.8 Å². The lowest BCUT2D eigenvalue weighted by Gasteiger charge is -2.28. The van der Waals surface area contributed by atoms with Gasteiger partial charge < -0.3 is 15.0 Å². The van der Waals surface area contributed by atoms with Gasteiger partial charge in [-0.05, 0) is 39.8 Å². The van der Waals surface area contributed by atoms with Gasteiger partial charge in [0.15, 0.2) is 0 Å². The first kappa shape index (κ1) is 10.4. The number of hydrogen-bond donors (Lipinski definition) is 1. The maximum Gasteiger partial charge on any atom is 0.0646 e. The lowest BCUT2D eigenvalue weighted by atomic mass is 10.0. The minimum atomic E-state index is 0.240. The molecule has 2 atom stereocenters. The normalized spacial score (nSPS) is 39.4. The lowest BCUT2D eigenvalue weighted by Crippen LogP contribution is -2.48. The van der Waals surface area contributed by atoms with E-state index in [9.17, 15) is 0 Å². The van der Waals surface area contributed by atoms with Crippen LogP contribution in [0.4, 0.5) is 0 Å². The molecule has 0 aromatic rings. The zero-order valence-electron chi connectivity index (χ0n) is 9.38. The first-order valence-corrected chi connectivity index (χ1v) is 5.73. The molecule has 1 N–H and O–H groups in total. The summed E-state index contributed by atoms with van der Waals surface area (Å²) in [6.07, 6.45) is 3.86. The van der Waals surface area contributed by atoms with E-state index in [4.69, 9.17) is 4.74 Å². The number of nitrogens with zero attached hydrogens (tertiary/aromatic N) is 1. The molecule has 3 nitrogen and oxygen atoms in total. The van der Waals surface area contributed by atoms with Crippen molar-refractivity contribution in [2.45, 2.75) is 37.8 Å². The highest BCUT2D eigenvalue weighted by Crippen LogP contribution is 2.19. The molecule has 82 valence electrons. The number of hydrogen-bond acceptors (Lipinski definition) is 3. The van der Waals surface area contributed by atoms with Gasteiger partial charge >= 0.3 is 0 Å². The van der Waals surface area contributed by atoms with E-state index in [0.29, 0.717) is 0 Å². The average molecular weight is 198 g/mol. The van der Waals surface area contributed by atoms with E-state index in [1.807, 2.05) is 0 Å². The van der Waals surface area contributed by atoms with Gasteiger partial charge in [-0.25, -0.2) is 0 Å². The molecule has 0 aliphatic carbocycles. The quantitative estimate of drug-likeness (QED) is 0.727. The van der Waals surface area contributed by atoms with Gasteiger partial charge in [0.05, 0.1) is 6.61 Å². The predicted octanol–water partition coefficient (Wildman–Crippen LogP) is 0.849. The fourth-order valence-corrected chi connectivity index (χ4v) is 2.41. The Morgan fingerprint density at radius 2 is 2.43 bits per heavy atom. The van der Waals surface area contributed by atoms with E-state index in [0.717, 1.165) is 32.2 Å². The summed E-state index contributed by atoms with van der Waals surface area (Å²) in [6.45, 7) is 6.46. The van der Waals surface area contributed by atoms with Crippen LogP contribution in [0.25, 0.3) is 0 Å². The number of likely N-dealkylation sites (tertiary alicyclic amines) is 1. The summed E-state index contributed by atoms with van der Waals surface area (Å²) in [6, 6.07) is 0.743. The maximum absolute atomic E-state index is 5.43. The molecule has 2 rings (SSSR count). The molecule has 2 fully saturated rings. The Labute approximate surface area is 86.8 Å². The Hall–Kier alpha value is -0.120. The Kier molecular flexibility index (Phi) is 3.10. The minimum absolute atomic E-state index is 0.240. The Morgan fingerprint density at radius 1 is 1.57 bits per heavy atom. The van der Waals surface area contributed by atoms with Crippen LogP contribution in [0.15, 0.2) is 0 Å². The maximum atomic E-state index is 5.43. The summed E-state index contributed by atoms with van der Waals surface area (Å²) in [7, 11) is 2.23. The third-order valence-corrected chi connectivity index (χ3v) is 3.65. The Balaban J connectivity index is 1.75. The summed E-state index contributed by atoms with van der Waals surface area (Å²) in [4.78, 5) is 2.46. The third-order valence-electron chi connectivity index (χ3n) is 3.65. The van der Waals surface area contributed by atoms with Crippen molar-refractivity contribution >= 4 is 0 Å². The van der Waals surface area contributed by atoms with E-state index in [1.54, 1.807) is 0 Å². The van der Waals surface area contributed by atoms with Crippen LogP contribution in [0.5, 0.6) is 0 Å². The molecule has 2 heterocycles. The molecule has 2 unspecified atom stereocenters. The van der Waals surface area contributed by atoms with E-state index < -0.39 is 0 Å². The monoisotopic (exact) mass is 198 g/mol. The fourth-order valence-electron chi connectivity index (χ4n) is 2.41. The molecule has 3 heteroatoms. The lowest BCUT2D eigenvalue weighted by molar-refractivity contribution is 0.167. The molecule has 0 bridgehead atoms. The van der Waals surface area contributed by atoms with Gasteiger partial charge in [0, 0.05) is 24.7 Å². The average Bonchev–Trinajstić information content (AvgIpc) is 2.73. The predicted molar refractivity (Wildman–Crippen MR) is 57.5 cm³/mol. The van der Waals surface area contributed by atoms with Gasteiger partial charge in [0.2, 0.25) is 0 Å².